The Bertz CT molecular complexity index is 710. The quantitative estimate of drug-likeness (QED) is 0.167. The number of ether oxygens (including phenoxy) is 2. The molecule has 0 aromatic heterocycles. The molecule has 4 N–H and O–H groups in total. The van der Waals surface area contributed by atoms with Crippen LogP contribution in [0.2, 0.25) is 0 Å². The zero-order valence-corrected chi connectivity index (χ0v) is 23.4. The third-order valence-corrected chi connectivity index (χ3v) is 8.83. The van der Waals surface area contributed by atoms with E-state index in [-0.39, 0.29) is 18.4 Å². The molecule has 9 atom stereocenters. The maximum Gasteiger partial charge on any atom is 0.306 e. The van der Waals surface area contributed by atoms with Gasteiger partial charge in [0.2, 0.25) is 5.91 Å². The standard InChI is InChI=1S/C26H45ClN2O6S/c1-4-5-6-7-19(30)34-24-22(32)21(31)23(35-26(24)36-3)20(15(2)27)29-25(33)18-11-10-17(12-13-28-18)14-16-8-9-16/h15-18,20-24,26,28,31-32H,4-14H2,1-3H3,(H,29,33). The number of carbonyl (C=O) groups is 2. The van der Waals surface area contributed by atoms with E-state index in [9.17, 15) is 19.8 Å². The van der Waals surface area contributed by atoms with Crippen LogP contribution in [-0.2, 0) is 19.1 Å². The largest absolute Gasteiger partial charge is 0.456 e. The van der Waals surface area contributed by atoms with Crippen LogP contribution in [0.1, 0.15) is 78.1 Å². The molecule has 10 heteroatoms. The van der Waals surface area contributed by atoms with Gasteiger partial charge < -0.3 is 30.3 Å². The Hall–Kier alpha value is -0.580. The van der Waals surface area contributed by atoms with Crippen molar-refractivity contribution in [1.82, 2.24) is 10.6 Å². The van der Waals surface area contributed by atoms with Gasteiger partial charge in [-0.2, -0.15) is 0 Å². The molecule has 1 saturated carbocycles. The lowest BCUT2D eigenvalue weighted by Crippen LogP contribution is -2.65. The van der Waals surface area contributed by atoms with E-state index in [1.165, 1.54) is 31.0 Å². The summed E-state index contributed by atoms with van der Waals surface area (Å²) in [6, 6.07) is -1.06. The Morgan fingerprint density at radius 2 is 1.83 bits per heavy atom. The van der Waals surface area contributed by atoms with Crippen LogP contribution in [-0.4, -0.2) is 82.2 Å². The average molecular weight is 549 g/mol. The molecule has 0 radical (unpaired) electrons. The number of halogens is 1. The molecule has 0 spiro atoms. The molecule has 0 aromatic carbocycles. The SMILES string of the molecule is CCCCCC(=O)OC1C(SC)OC(C(NC(=O)C2CCC(CC3CC3)CCN2)C(C)Cl)C(O)C1O. The van der Waals surface area contributed by atoms with Gasteiger partial charge in [0.1, 0.15) is 23.7 Å². The molecule has 0 aromatic rings. The maximum atomic E-state index is 13.2. The summed E-state index contributed by atoms with van der Waals surface area (Å²) in [5.41, 5.74) is -0.697. The molecule has 0 bridgehead atoms. The minimum atomic E-state index is -1.38. The van der Waals surface area contributed by atoms with E-state index >= 15 is 0 Å². The van der Waals surface area contributed by atoms with Crippen molar-refractivity contribution in [2.24, 2.45) is 11.8 Å². The lowest BCUT2D eigenvalue weighted by Gasteiger charge is -2.45. The predicted molar refractivity (Wildman–Crippen MR) is 142 cm³/mol. The van der Waals surface area contributed by atoms with E-state index < -0.39 is 47.2 Å². The van der Waals surface area contributed by atoms with Crippen LogP contribution in [0.3, 0.4) is 0 Å². The van der Waals surface area contributed by atoms with Crippen molar-refractivity contribution in [3.8, 4) is 0 Å². The highest BCUT2D eigenvalue weighted by molar-refractivity contribution is 7.99. The topological polar surface area (TPSA) is 117 Å². The lowest BCUT2D eigenvalue weighted by atomic mass is 9.92. The summed E-state index contributed by atoms with van der Waals surface area (Å²) in [5.74, 6) is 0.945. The summed E-state index contributed by atoms with van der Waals surface area (Å²) in [5, 5.41) is 27.7. The van der Waals surface area contributed by atoms with Gasteiger partial charge in [-0.1, -0.05) is 32.6 Å². The number of esters is 1. The van der Waals surface area contributed by atoms with Crippen molar-refractivity contribution in [3.63, 3.8) is 0 Å². The van der Waals surface area contributed by atoms with Gasteiger partial charge in [-0.05, 0) is 63.7 Å². The molecule has 2 saturated heterocycles. The fourth-order valence-corrected chi connectivity index (χ4v) is 6.25. The number of aliphatic hydroxyl groups is 2. The Morgan fingerprint density at radius 3 is 2.47 bits per heavy atom. The monoisotopic (exact) mass is 548 g/mol. The average Bonchev–Trinajstić information content (AvgIpc) is 3.69. The number of nitrogens with one attached hydrogen (secondary N) is 2. The maximum absolute atomic E-state index is 13.2. The summed E-state index contributed by atoms with van der Waals surface area (Å²) < 4.78 is 11.6. The summed E-state index contributed by atoms with van der Waals surface area (Å²) in [6.45, 7) is 4.59. The number of thioether (sulfide) groups is 1. The number of hydrogen-bond acceptors (Lipinski definition) is 8. The minimum Gasteiger partial charge on any atom is -0.456 e. The number of rotatable bonds is 12. The van der Waals surface area contributed by atoms with Crippen LogP contribution in [0.4, 0.5) is 0 Å². The normalized spacial score (nSPS) is 34.9. The first-order valence-electron chi connectivity index (χ1n) is 13.7. The highest BCUT2D eigenvalue weighted by Gasteiger charge is 2.50. The number of carbonyl (C=O) groups excluding carboxylic acids is 2. The summed E-state index contributed by atoms with van der Waals surface area (Å²) >= 11 is 7.76. The van der Waals surface area contributed by atoms with Crippen LogP contribution in [0.25, 0.3) is 0 Å². The van der Waals surface area contributed by atoms with Gasteiger partial charge >= 0.3 is 5.97 Å². The second kappa shape index (κ2) is 14.5. The number of amides is 1. The molecule has 36 heavy (non-hydrogen) atoms. The summed E-state index contributed by atoms with van der Waals surface area (Å²) in [4.78, 5) is 25.5. The van der Waals surface area contributed by atoms with E-state index in [0.29, 0.717) is 12.3 Å². The Balaban J connectivity index is 1.60. The Morgan fingerprint density at radius 1 is 1.14 bits per heavy atom. The Labute approximate surface area is 225 Å². The summed E-state index contributed by atoms with van der Waals surface area (Å²) in [6.07, 6.45) is 6.77. The predicted octanol–water partition coefficient (Wildman–Crippen LogP) is 2.96. The van der Waals surface area contributed by atoms with E-state index in [4.69, 9.17) is 21.1 Å². The zero-order valence-electron chi connectivity index (χ0n) is 21.9. The number of alkyl halides is 1. The summed E-state index contributed by atoms with van der Waals surface area (Å²) in [7, 11) is 0. The number of aliphatic hydroxyl groups excluding tert-OH is 2. The van der Waals surface area contributed by atoms with E-state index in [1.54, 1.807) is 13.2 Å². The third kappa shape index (κ3) is 8.46. The van der Waals surface area contributed by atoms with E-state index in [0.717, 1.165) is 44.6 Å². The van der Waals surface area contributed by atoms with Gasteiger partial charge in [0.25, 0.3) is 0 Å². The first-order valence-corrected chi connectivity index (χ1v) is 15.4. The fourth-order valence-electron chi connectivity index (χ4n) is 5.32. The Kier molecular flexibility index (Phi) is 12.1. The molecule has 3 rings (SSSR count). The van der Waals surface area contributed by atoms with Gasteiger partial charge in [-0.25, -0.2) is 0 Å². The second-order valence-electron chi connectivity index (χ2n) is 10.7. The van der Waals surface area contributed by atoms with Crippen LogP contribution in [0.5, 0.6) is 0 Å². The van der Waals surface area contributed by atoms with Crippen molar-refractivity contribution >= 4 is 35.2 Å². The molecule has 2 heterocycles. The van der Waals surface area contributed by atoms with Gasteiger partial charge in [0, 0.05) is 6.42 Å². The fraction of sp³-hybridized carbons (Fsp3) is 0.923. The van der Waals surface area contributed by atoms with Gasteiger partial charge in [-0.3, -0.25) is 9.59 Å². The van der Waals surface area contributed by atoms with Crippen LogP contribution < -0.4 is 10.6 Å². The lowest BCUT2D eigenvalue weighted by molar-refractivity contribution is -0.218. The molecular weight excluding hydrogens is 504 g/mol. The van der Waals surface area contributed by atoms with Crippen molar-refractivity contribution < 1.29 is 29.3 Å². The first kappa shape index (κ1) is 30.0. The van der Waals surface area contributed by atoms with Gasteiger partial charge in [0.05, 0.1) is 17.5 Å². The highest BCUT2D eigenvalue weighted by Crippen LogP contribution is 2.38. The van der Waals surface area contributed by atoms with Crippen molar-refractivity contribution in [2.75, 3.05) is 12.8 Å². The van der Waals surface area contributed by atoms with Crippen LogP contribution in [0.15, 0.2) is 0 Å². The number of unbranched alkanes of at least 4 members (excludes halogenated alkanes) is 2. The zero-order chi connectivity index (χ0) is 26.2. The van der Waals surface area contributed by atoms with Crippen molar-refractivity contribution in [3.05, 3.63) is 0 Å². The molecular formula is C26H45ClN2O6S. The number of hydrogen-bond donors (Lipinski definition) is 4. The molecule has 1 amide bonds. The first-order chi connectivity index (χ1) is 17.2. The molecule has 1 aliphatic carbocycles. The molecule has 3 fully saturated rings. The van der Waals surface area contributed by atoms with Gasteiger partial charge in [-0.15, -0.1) is 23.4 Å². The van der Waals surface area contributed by atoms with Crippen LogP contribution in [0, 0.1) is 11.8 Å². The molecule has 2 aliphatic heterocycles. The second-order valence-corrected chi connectivity index (χ2v) is 12.4. The van der Waals surface area contributed by atoms with Crippen molar-refractivity contribution in [1.29, 1.82) is 0 Å². The minimum absolute atomic E-state index is 0.171. The third-order valence-electron chi connectivity index (χ3n) is 7.71. The molecule has 3 aliphatic rings. The van der Waals surface area contributed by atoms with Crippen molar-refractivity contribution in [2.45, 2.75) is 125 Å². The highest BCUT2D eigenvalue weighted by atomic mass is 35.5. The van der Waals surface area contributed by atoms with E-state index in [2.05, 4.69) is 17.6 Å². The van der Waals surface area contributed by atoms with E-state index in [1.807, 2.05) is 0 Å². The smallest absolute Gasteiger partial charge is 0.306 e. The van der Waals surface area contributed by atoms with Gasteiger partial charge in [0.15, 0.2) is 6.10 Å². The van der Waals surface area contributed by atoms with Crippen LogP contribution >= 0.6 is 23.4 Å². The molecule has 208 valence electrons. The molecule has 8 nitrogen and oxygen atoms in total. The molecule has 9 unspecified atom stereocenters.